The normalized spacial score (nSPS) is 11.4. The van der Waals surface area contributed by atoms with Crippen LogP contribution in [-0.2, 0) is 14.8 Å². The molecule has 120 valence electrons. The van der Waals surface area contributed by atoms with E-state index in [0.717, 1.165) is 16.3 Å². The molecule has 0 atom stereocenters. The van der Waals surface area contributed by atoms with Gasteiger partial charge in [-0.2, -0.15) is 0 Å². The number of anilines is 2. The molecule has 2 N–H and O–H groups in total. The van der Waals surface area contributed by atoms with Gasteiger partial charge >= 0.3 is 0 Å². The maximum absolute atomic E-state index is 11.9. The molecule has 2 rings (SSSR count). The smallest absolute Gasteiger partial charge is 0.248 e. The van der Waals surface area contributed by atoms with Crippen molar-refractivity contribution in [2.24, 2.45) is 0 Å². The van der Waals surface area contributed by atoms with Gasteiger partial charge in [0.2, 0.25) is 15.9 Å². The summed E-state index contributed by atoms with van der Waals surface area (Å²) < 4.78 is 25.5. The second kappa shape index (κ2) is 7.43. The zero-order valence-electron chi connectivity index (χ0n) is 12.3. The number of hydrogen-bond acceptors (Lipinski definition) is 3. The van der Waals surface area contributed by atoms with Gasteiger partial charge in [-0.1, -0.05) is 34.1 Å². The molecule has 0 aromatic heterocycles. The molecule has 0 heterocycles. The highest BCUT2D eigenvalue weighted by Crippen LogP contribution is 2.18. The minimum atomic E-state index is -3.31. The van der Waals surface area contributed by atoms with Crippen molar-refractivity contribution in [3.8, 4) is 0 Å². The van der Waals surface area contributed by atoms with Gasteiger partial charge in [-0.25, -0.2) is 8.42 Å². The summed E-state index contributed by atoms with van der Waals surface area (Å²) in [6, 6.07) is 14.0. The van der Waals surface area contributed by atoms with Gasteiger partial charge in [0.25, 0.3) is 0 Å². The average Bonchev–Trinajstić information content (AvgIpc) is 2.47. The van der Waals surface area contributed by atoms with Crippen molar-refractivity contribution in [3.63, 3.8) is 0 Å². The van der Waals surface area contributed by atoms with Gasteiger partial charge in [-0.05, 0) is 42.0 Å². The van der Waals surface area contributed by atoms with Crippen molar-refractivity contribution in [1.82, 2.24) is 0 Å². The van der Waals surface area contributed by atoms with E-state index in [2.05, 4.69) is 26.0 Å². The predicted octanol–water partition coefficient (Wildman–Crippen LogP) is 3.47. The maximum atomic E-state index is 11.9. The first kappa shape index (κ1) is 17.2. The first-order valence-electron chi connectivity index (χ1n) is 6.65. The number of halogens is 1. The van der Waals surface area contributed by atoms with Crippen LogP contribution >= 0.6 is 15.9 Å². The molecule has 0 saturated heterocycles. The molecule has 0 bridgehead atoms. The molecule has 1 amide bonds. The molecule has 2 aromatic carbocycles. The number of hydrogen-bond donors (Lipinski definition) is 2. The number of rotatable bonds is 5. The van der Waals surface area contributed by atoms with Gasteiger partial charge < -0.3 is 5.32 Å². The predicted molar refractivity (Wildman–Crippen MR) is 96.7 cm³/mol. The minimum Gasteiger partial charge on any atom is -0.323 e. The third-order valence-corrected chi connectivity index (χ3v) is 4.10. The summed E-state index contributed by atoms with van der Waals surface area (Å²) in [6.07, 6.45) is 4.22. The average molecular weight is 395 g/mol. The zero-order chi connectivity index (χ0) is 16.9. The Balaban J connectivity index is 1.99. The Morgan fingerprint density at radius 3 is 2.26 bits per heavy atom. The second-order valence-corrected chi connectivity index (χ2v) is 7.40. The standard InChI is InChI=1S/C16H15BrN2O3S/c1-23(21,22)19-14-9-7-13(8-10-14)18-16(20)11-6-12-4-2-3-5-15(12)17/h2-11,19H,1H3,(H,18,20)/b11-6+. The van der Waals surface area contributed by atoms with Gasteiger partial charge in [-0.15, -0.1) is 0 Å². The lowest BCUT2D eigenvalue weighted by Gasteiger charge is -2.06. The van der Waals surface area contributed by atoms with Crippen molar-refractivity contribution in [2.75, 3.05) is 16.3 Å². The van der Waals surface area contributed by atoms with Crippen LogP contribution in [0.25, 0.3) is 6.08 Å². The van der Waals surface area contributed by atoms with Crippen LogP contribution in [-0.4, -0.2) is 20.6 Å². The molecular weight excluding hydrogens is 380 g/mol. The Morgan fingerprint density at radius 1 is 1.04 bits per heavy atom. The van der Waals surface area contributed by atoms with E-state index in [1.54, 1.807) is 30.3 Å². The molecule has 0 saturated carbocycles. The number of nitrogens with one attached hydrogen (secondary N) is 2. The lowest BCUT2D eigenvalue weighted by atomic mass is 10.2. The van der Waals surface area contributed by atoms with Crippen molar-refractivity contribution in [1.29, 1.82) is 0 Å². The van der Waals surface area contributed by atoms with E-state index in [1.165, 1.54) is 6.08 Å². The molecule has 23 heavy (non-hydrogen) atoms. The quantitative estimate of drug-likeness (QED) is 0.762. The Morgan fingerprint density at radius 2 is 1.65 bits per heavy atom. The molecule has 0 radical (unpaired) electrons. The van der Waals surface area contributed by atoms with Crippen LogP contribution in [0.5, 0.6) is 0 Å². The van der Waals surface area contributed by atoms with E-state index in [4.69, 9.17) is 0 Å². The van der Waals surface area contributed by atoms with Crippen LogP contribution in [0, 0.1) is 0 Å². The van der Waals surface area contributed by atoms with E-state index in [0.29, 0.717) is 11.4 Å². The van der Waals surface area contributed by atoms with Gasteiger partial charge in [0.1, 0.15) is 0 Å². The van der Waals surface area contributed by atoms with Crippen LogP contribution in [0.15, 0.2) is 59.1 Å². The number of sulfonamides is 1. The largest absolute Gasteiger partial charge is 0.323 e. The van der Waals surface area contributed by atoms with Crippen LogP contribution in [0.4, 0.5) is 11.4 Å². The third kappa shape index (κ3) is 5.88. The molecule has 0 aliphatic rings. The fourth-order valence-corrected chi connectivity index (χ4v) is 2.78. The summed E-state index contributed by atoms with van der Waals surface area (Å²) in [4.78, 5) is 11.9. The summed E-state index contributed by atoms with van der Waals surface area (Å²) in [5.74, 6) is -0.274. The summed E-state index contributed by atoms with van der Waals surface area (Å²) in [5, 5.41) is 2.70. The lowest BCUT2D eigenvalue weighted by molar-refractivity contribution is -0.111. The van der Waals surface area contributed by atoms with Crippen LogP contribution in [0.2, 0.25) is 0 Å². The van der Waals surface area contributed by atoms with E-state index < -0.39 is 10.0 Å². The summed E-state index contributed by atoms with van der Waals surface area (Å²) in [7, 11) is -3.31. The molecule has 5 nitrogen and oxygen atoms in total. The van der Waals surface area contributed by atoms with E-state index in [-0.39, 0.29) is 5.91 Å². The van der Waals surface area contributed by atoms with Crippen LogP contribution < -0.4 is 10.0 Å². The molecule has 7 heteroatoms. The molecular formula is C16H15BrN2O3S. The van der Waals surface area contributed by atoms with Crippen molar-refractivity contribution < 1.29 is 13.2 Å². The monoisotopic (exact) mass is 394 g/mol. The zero-order valence-corrected chi connectivity index (χ0v) is 14.7. The van der Waals surface area contributed by atoms with Gasteiger partial charge in [0.05, 0.1) is 6.26 Å². The van der Waals surface area contributed by atoms with Crippen molar-refractivity contribution in [2.45, 2.75) is 0 Å². The van der Waals surface area contributed by atoms with Crippen molar-refractivity contribution in [3.05, 3.63) is 64.6 Å². The molecule has 0 aliphatic carbocycles. The van der Waals surface area contributed by atoms with E-state index in [1.807, 2.05) is 24.3 Å². The number of amides is 1. The highest BCUT2D eigenvalue weighted by Gasteiger charge is 2.03. The molecule has 0 fully saturated rings. The van der Waals surface area contributed by atoms with Gasteiger partial charge in [-0.3, -0.25) is 9.52 Å². The van der Waals surface area contributed by atoms with Crippen LogP contribution in [0.3, 0.4) is 0 Å². The minimum absolute atomic E-state index is 0.274. The Kier molecular flexibility index (Phi) is 5.57. The number of benzene rings is 2. The maximum Gasteiger partial charge on any atom is 0.248 e. The SMILES string of the molecule is CS(=O)(=O)Nc1ccc(NC(=O)/C=C/c2ccccc2Br)cc1. The molecule has 0 aliphatic heterocycles. The van der Waals surface area contributed by atoms with E-state index in [9.17, 15) is 13.2 Å². The summed E-state index contributed by atoms with van der Waals surface area (Å²) >= 11 is 3.41. The number of carbonyl (C=O) groups excluding carboxylic acids is 1. The van der Waals surface area contributed by atoms with Crippen molar-refractivity contribution >= 4 is 49.3 Å². The fraction of sp³-hybridized carbons (Fsp3) is 0.0625. The van der Waals surface area contributed by atoms with E-state index >= 15 is 0 Å². The molecule has 0 spiro atoms. The molecule has 0 unspecified atom stereocenters. The third-order valence-electron chi connectivity index (χ3n) is 2.78. The van der Waals surface area contributed by atoms with Gasteiger partial charge in [0.15, 0.2) is 0 Å². The first-order valence-corrected chi connectivity index (χ1v) is 9.33. The molecule has 2 aromatic rings. The van der Waals surface area contributed by atoms with Gasteiger partial charge in [0, 0.05) is 21.9 Å². The summed E-state index contributed by atoms with van der Waals surface area (Å²) in [5.41, 5.74) is 1.91. The summed E-state index contributed by atoms with van der Waals surface area (Å²) in [6.45, 7) is 0. The lowest BCUT2D eigenvalue weighted by Crippen LogP contribution is -2.10. The fourth-order valence-electron chi connectivity index (χ4n) is 1.80. The Labute approximate surface area is 143 Å². The number of carbonyl (C=O) groups is 1. The second-order valence-electron chi connectivity index (χ2n) is 4.80. The Bertz CT molecular complexity index is 831. The first-order chi connectivity index (χ1) is 10.8. The Hall–Kier alpha value is -2.12. The highest BCUT2D eigenvalue weighted by atomic mass is 79.9. The topological polar surface area (TPSA) is 75.3 Å². The highest BCUT2D eigenvalue weighted by molar-refractivity contribution is 9.10. The van der Waals surface area contributed by atoms with Crippen LogP contribution in [0.1, 0.15) is 5.56 Å².